The summed E-state index contributed by atoms with van der Waals surface area (Å²) in [6, 6.07) is 9.23. The maximum absolute atomic E-state index is 12.5. The van der Waals surface area contributed by atoms with Gasteiger partial charge in [-0.3, -0.25) is 14.5 Å². The molecule has 6 nitrogen and oxygen atoms in total. The SMILES string of the molecule is O=C(NCC1CN2CCCC2CO1)c1cc(=O)[nH]c2ccccc12. The molecule has 1 amide bonds. The second kappa shape index (κ2) is 6.37. The number of hydrogen-bond donors (Lipinski definition) is 2. The molecule has 2 saturated heterocycles. The van der Waals surface area contributed by atoms with Crippen molar-refractivity contribution in [2.45, 2.75) is 25.0 Å². The molecule has 1 aromatic heterocycles. The number of aromatic nitrogens is 1. The number of pyridine rings is 1. The molecule has 1 aromatic carbocycles. The van der Waals surface area contributed by atoms with Crippen LogP contribution >= 0.6 is 0 Å². The van der Waals surface area contributed by atoms with Crippen LogP contribution in [-0.2, 0) is 4.74 Å². The van der Waals surface area contributed by atoms with E-state index in [1.54, 1.807) is 6.07 Å². The van der Waals surface area contributed by atoms with E-state index in [-0.39, 0.29) is 17.6 Å². The normalized spacial score (nSPS) is 24.0. The molecule has 4 rings (SSSR count). The smallest absolute Gasteiger partial charge is 0.252 e. The van der Waals surface area contributed by atoms with E-state index in [4.69, 9.17) is 4.74 Å². The van der Waals surface area contributed by atoms with E-state index in [0.29, 0.717) is 23.7 Å². The largest absolute Gasteiger partial charge is 0.373 e. The number of morpholine rings is 1. The Hall–Kier alpha value is -2.18. The Morgan fingerprint density at radius 1 is 1.38 bits per heavy atom. The minimum Gasteiger partial charge on any atom is -0.373 e. The second-order valence-corrected chi connectivity index (χ2v) is 6.55. The summed E-state index contributed by atoms with van der Waals surface area (Å²) in [7, 11) is 0. The summed E-state index contributed by atoms with van der Waals surface area (Å²) >= 11 is 0. The molecule has 0 bridgehead atoms. The van der Waals surface area contributed by atoms with Crippen LogP contribution in [-0.4, -0.2) is 54.2 Å². The fraction of sp³-hybridized carbons (Fsp3) is 0.444. The van der Waals surface area contributed by atoms with Crippen LogP contribution in [0.3, 0.4) is 0 Å². The van der Waals surface area contributed by atoms with Gasteiger partial charge < -0.3 is 15.0 Å². The molecule has 2 aliphatic rings. The van der Waals surface area contributed by atoms with Gasteiger partial charge in [0.25, 0.3) is 5.91 Å². The number of H-pyrrole nitrogens is 1. The lowest BCUT2D eigenvalue weighted by Gasteiger charge is -2.35. The van der Waals surface area contributed by atoms with Crippen molar-refractivity contribution in [3.63, 3.8) is 0 Å². The summed E-state index contributed by atoms with van der Waals surface area (Å²) in [5.41, 5.74) is 0.806. The molecule has 2 unspecified atom stereocenters. The lowest BCUT2D eigenvalue weighted by atomic mass is 10.1. The number of rotatable bonds is 3. The van der Waals surface area contributed by atoms with Crippen molar-refractivity contribution >= 4 is 16.8 Å². The minimum atomic E-state index is -0.271. The topological polar surface area (TPSA) is 74.4 Å². The van der Waals surface area contributed by atoms with Gasteiger partial charge in [-0.05, 0) is 25.5 Å². The standard InChI is InChI=1S/C18H21N3O3/c22-17-8-15(14-5-1-2-6-16(14)20-17)18(23)19-9-13-10-21-7-3-4-12(21)11-24-13/h1-2,5-6,8,12-13H,3-4,7,9-11H2,(H,19,23)(H,20,22). The van der Waals surface area contributed by atoms with Crippen LogP contribution in [0.4, 0.5) is 0 Å². The Kier molecular flexibility index (Phi) is 4.08. The molecule has 0 spiro atoms. The Bertz CT molecular complexity index is 817. The molecule has 0 radical (unpaired) electrons. The molecule has 6 heteroatoms. The molecule has 24 heavy (non-hydrogen) atoms. The number of hydrogen-bond acceptors (Lipinski definition) is 4. The first-order valence-electron chi connectivity index (χ1n) is 8.46. The van der Waals surface area contributed by atoms with E-state index in [1.165, 1.54) is 18.9 Å². The van der Waals surface area contributed by atoms with Crippen LogP contribution < -0.4 is 10.9 Å². The maximum atomic E-state index is 12.5. The lowest BCUT2D eigenvalue weighted by molar-refractivity contribution is -0.0461. The monoisotopic (exact) mass is 327 g/mol. The quantitative estimate of drug-likeness (QED) is 0.886. The Morgan fingerprint density at radius 2 is 2.25 bits per heavy atom. The van der Waals surface area contributed by atoms with E-state index in [2.05, 4.69) is 15.2 Å². The predicted octanol–water partition coefficient (Wildman–Crippen LogP) is 1.12. The van der Waals surface area contributed by atoms with Crippen molar-refractivity contribution in [1.29, 1.82) is 0 Å². The first-order valence-corrected chi connectivity index (χ1v) is 8.46. The molecule has 2 aromatic rings. The van der Waals surface area contributed by atoms with E-state index in [9.17, 15) is 9.59 Å². The third-order valence-electron chi connectivity index (χ3n) is 4.95. The summed E-state index contributed by atoms with van der Waals surface area (Å²) in [6.45, 7) is 3.19. The lowest BCUT2D eigenvalue weighted by Crippen LogP contribution is -2.50. The molecule has 2 N–H and O–H groups in total. The average Bonchev–Trinajstić information content (AvgIpc) is 3.06. The van der Waals surface area contributed by atoms with Crippen LogP contribution in [0.2, 0.25) is 0 Å². The fourth-order valence-corrected chi connectivity index (χ4v) is 3.70. The van der Waals surface area contributed by atoms with Gasteiger partial charge in [-0.25, -0.2) is 0 Å². The summed E-state index contributed by atoms with van der Waals surface area (Å²) in [4.78, 5) is 29.5. The second-order valence-electron chi connectivity index (χ2n) is 6.55. The Labute approximate surface area is 139 Å². The first kappa shape index (κ1) is 15.4. The zero-order valence-corrected chi connectivity index (χ0v) is 13.5. The number of para-hydroxylation sites is 1. The van der Waals surface area contributed by atoms with Crippen molar-refractivity contribution in [3.8, 4) is 0 Å². The van der Waals surface area contributed by atoms with Crippen LogP contribution in [0.15, 0.2) is 35.1 Å². The van der Waals surface area contributed by atoms with Crippen molar-refractivity contribution in [2.24, 2.45) is 0 Å². The highest BCUT2D eigenvalue weighted by atomic mass is 16.5. The van der Waals surface area contributed by atoms with E-state index in [0.717, 1.165) is 25.1 Å². The van der Waals surface area contributed by atoms with Gasteiger partial charge >= 0.3 is 0 Å². The molecule has 3 heterocycles. The number of benzene rings is 1. The number of nitrogens with zero attached hydrogens (tertiary/aromatic N) is 1. The summed E-state index contributed by atoms with van der Waals surface area (Å²) in [6.07, 6.45) is 2.44. The van der Waals surface area contributed by atoms with Crippen molar-refractivity contribution in [1.82, 2.24) is 15.2 Å². The molecular weight excluding hydrogens is 306 g/mol. The molecule has 2 aliphatic heterocycles. The number of ether oxygens (including phenoxy) is 1. The van der Waals surface area contributed by atoms with Gasteiger partial charge in [0.05, 0.1) is 18.3 Å². The number of amides is 1. The number of fused-ring (bicyclic) bond motifs is 2. The van der Waals surface area contributed by atoms with E-state index in [1.807, 2.05) is 18.2 Å². The molecule has 2 atom stereocenters. The number of carbonyl (C=O) groups is 1. The van der Waals surface area contributed by atoms with Gasteiger partial charge in [0, 0.05) is 36.1 Å². The van der Waals surface area contributed by atoms with Crippen LogP contribution in [0.25, 0.3) is 10.9 Å². The van der Waals surface area contributed by atoms with Crippen LogP contribution in [0.1, 0.15) is 23.2 Å². The van der Waals surface area contributed by atoms with Gasteiger partial charge in [-0.1, -0.05) is 18.2 Å². The molecule has 126 valence electrons. The van der Waals surface area contributed by atoms with E-state index < -0.39 is 0 Å². The number of carbonyl (C=O) groups excluding carboxylic acids is 1. The van der Waals surface area contributed by atoms with Crippen LogP contribution in [0.5, 0.6) is 0 Å². The van der Waals surface area contributed by atoms with Crippen LogP contribution in [0, 0.1) is 0 Å². The van der Waals surface area contributed by atoms with E-state index >= 15 is 0 Å². The Balaban J connectivity index is 1.46. The van der Waals surface area contributed by atoms with Crippen molar-refractivity contribution < 1.29 is 9.53 Å². The predicted molar refractivity (Wildman–Crippen MR) is 91.2 cm³/mol. The summed E-state index contributed by atoms with van der Waals surface area (Å²) in [5.74, 6) is -0.232. The maximum Gasteiger partial charge on any atom is 0.252 e. The highest BCUT2D eigenvalue weighted by molar-refractivity contribution is 6.05. The molecule has 0 aliphatic carbocycles. The Morgan fingerprint density at radius 3 is 3.17 bits per heavy atom. The zero-order chi connectivity index (χ0) is 16.5. The minimum absolute atomic E-state index is 0.0107. The number of nitrogens with one attached hydrogen (secondary N) is 2. The first-order chi connectivity index (χ1) is 11.7. The van der Waals surface area contributed by atoms with Gasteiger partial charge in [0.15, 0.2) is 0 Å². The molecule has 2 fully saturated rings. The fourth-order valence-electron chi connectivity index (χ4n) is 3.70. The van der Waals surface area contributed by atoms with Gasteiger partial charge in [-0.2, -0.15) is 0 Å². The third-order valence-corrected chi connectivity index (χ3v) is 4.95. The molecule has 0 saturated carbocycles. The zero-order valence-electron chi connectivity index (χ0n) is 13.5. The van der Waals surface area contributed by atoms with Gasteiger partial charge in [0.1, 0.15) is 0 Å². The highest BCUT2D eigenvalue weighted by Gasteiger charge is 2.32. The van der Waals surface area contributed by atoms with Crippen molar-refractivity contribution in [2.75, 3.05) is 26.2 Å². The highest BCUT2D eigenvalue weighted by Crippen LogP contribution is 2.22. The van der Waals surface area contributed by atoms with Crippen molar-refractivity contribution in [3.05, 3.63) is 46.2 Å². The summed E-state index contributed by atoms with van der Waals surface area (Å²) in [5, 5.41) is 3.67. The van der Waals surface area contributed by atoms with Gasteiger partial charge in [0.2, 0.25) is 5.56 Å². The summed E-state index contributed by atoms with van der Waals surface area (Å²) < 4.78 is 5.87. The van der Waals surface area contributed by atoms with Gasteiger partial charge in [-0.15, -0.1) is 0 Å². The average molecular weight is 327 g/mol. The third kappa shape index (κ3) is 2.95. The number of aromatic amines is 1. The molecular formula is C18H21N3O3.